The normalized spacial score (nSPS) is 12.6. The molecule has 14 heavy (non-hydrogen) atoms. The number of carbonyl (C=O) groups is 1. The maximum atomic E-state index is 10.5. The number of aliphatic hydroxyl groups is 1. The van der Waals surface area contributed by atoms with Crippen molar-refractivity contribution in [1.29, 1.82) is 0 Å². The van der Waals surface area contributed by atoms with Crippen LogP contribution in [0.5, 0.6) is 0 Å². The lowest BCUT2D eigenvalue weighted by atomic mass is 10.0. The minimum absolute atomic E-state index is 0.157. The van der Waals surface area contributed by atoms with Crippen molar-refractivity contribution in [3.05, 3.63) is 33.3 Å². The summed E-state index contributed by atoms with van der Waals surface area (Å²) in [7, 11) is 0. The first-order chi connectivity index (χ1) is 6.43. The Morgan fingerprint density at radius 1 is 1.43 bits per heavy atom. The highest BCUT2D eigenvalue weighted by Gasteiger charge is 2.21. The van der Waals surface area contributed by atoms with Gasteiger partial charge >= 0.3 is 5.97 Å². The molecular formula is C9H8Cl2O3. The molecule has 0 bridgehead atoms. The lowest BCUT2D eigenvalue weighted by Gasteiger charge is -2.11. The number of benzene rings is 1. The van der Waals surface area contributed by atoms with E-state index in [-0.39, 0.29) is 10.6 Å². The van der Waals surface area contributed by atoms with E-state index in [0.717, 1.165) is 0 Å². The van der Waals surface area contributed by atoms with Crippen LogP contribution in [0.15, 0.2) is 12.1 Å². The minimum atomic E-state index is -1.61. The molecule has 0 radical (unpaired) electrons. The van der Waals surface area contributed by atoms with Gasteiger partial charge in [-0.1, -0.05) is 23.2 Å². The quantitative estimate of drug-likeness (QED) is 0.827. The lowest BCUT2D eigenvalue weighted by molar-refractivity contribution is -0.147. The van der Waals surface area contributed by atoms with Gasteiger partial charge in [0.2, 0.25) is 0 Å². The van der Waals surface area contributed by atoms with Gasteiger partial charge in [0.05, 0.1) is 0 Å². The summed E-state index contributed by atoms with van der Waals surface area (Å²) in [6.07, 6.45) is -1.61. The molecule has 0 spiro atoms. The van der Waals surface area contributed by atoms with Gasteiger partial charge in [-0.2, -0.15) is 0 Å². The standard InChI is InChI=1S/C9H8Cl2O3/c1-4-2-5(10)3-6(11)7(4)8(12)9(13)14/h2-3,8,12H,1H3,(H,13,14)/t8-/m0/s1. The average molecular weight is 235 g/mol. The first kappa shape index (κ1) is 11.3. The van der Waals surface area contributed by atoms with Gasteiger partial charge in [-0.05, 0) is 24.6 Å². The molecule has 0 fully saturated rings. The number of rotatable bonds is 2. The molecule has 0 unspecified atom stereocenters. The van der Waals surface area contributed by atoms with Crippen LogP contribution in [0.3, 0.4) is 0 Å². The molecule has 1 atom stereocenters. The number of hydrogen-bond donors (Lipinski definition) is 2. The van der Waals surface area contributed by atoms with Crippen LogP contribution in [0.2, 0.25) is 10.0 Å². The molecule has 0 saturated carbocycles. The van der Waals surface area contributed by atoms with Gasteiger partial charge in [0.15, 0.2) is 6.10 Å². The number of aliphatic carboxylic acids is 1. The molecule has 0 aliphatic rings. The third-order valence-corrected chi connectivity index (χ3v) is 2.34. The van der Waals surface area contributed by atoms with Crippen molar-refractivity contribution in [3.8, 4) is 0 Å². The molecular weight excluding hydrogens is 227 g/mol. The zero-order valence-electron chi connectivity index (χ0n) is 7.29. The first-order valence-electron chi connectivity index (χ1n) is 3.80. The summed E-state index contributed by atoms with van der Waals surface area (Å²) in [6.45, 7) is 1.64. The van der Waals surface area contributed by atoms with Crippen molar-refractivity contribution in [2.75, 3.05) is 0 Å². The van der Waals surface area contributed by atoms with Crippen molar-refractivity contribution < 1.29 is 15.0 Å². The topological polar surface area (TPSA) is 57.5 Å². The highest BCUT2D eigenvalue weighted by atomic mass is 35.5. The molecule has 0 aliphatic heterocycles. The van der Waals surface area contributed by atoms with Crippen molar-refractivity contribution in [2.45, 2.75) is 13.0 Å². The summed E-state index contributed by atoms with van der Waals surface area (Å²) in [5.41, 5.74) is 0.737. The third-order valence-electron chi connectivity index (χ3n) is 1.81. The molecule has 0 heterocycles. The number of halogens is 2. The van der Waals surface area contributed by atoms with E-state index in [4.69, 9.17) is 28.3 Å². The minimum Gasteiger partial charge on any atom is -0.479 e. The van der Waals surface area contributed by atoms with Crippen molar-refractivity contribution >= 4 is 29.2 Å². The fraction of sp³-hybridized carbons (Fsp3) is 0.222. The lowest BCUT2D eigenvalue weighted by Crippen LogP contribution is -2.12. The summed E-state index contributed by atoms with van der Waals surface area (Å²) >= 11 is 11.5. The Bertz CT molecular complexity index is 353. The Morgan fingerprint density at radius 3 is 2.43 bits per heavy atom. The molecule has 5 heteroatoms. The Morgan fingerprint density at radius 2 is 2.00 bits per heavy atom. The smallest absolute Gasteiger partial charge is 0.337 e. The zero-order chi connectivity index (χ0) is 10.9. The molecule has 1 aromatic carbocycles. The van der Waals surface area contributed by atoms with Gasteiger partial charge < -0.3 is 10.2 Å². The van der Waals surface area contributed by atoms with Gasteiger partial charge in [0, 0.05) is 15.6 Å². The molecule has 1 aromatic rings. The van der Waals surface area contributed by atoms with Gasteiger partial charge in [-0.3, -0.25) is 0 Å². The first-order valence-corrected chi connectivity index (χ1v) is 4.55. The summed E-state index contributed by atoms with van der Waals surface area (Å²) in [5, 5.41) is 18.5. The van der Waals surface area contributed by atoms with E-state index >= 15 is 0 Å². The number of aliphatic hydroxyl groups excluding tert-OH is 1. The summed E-state index contributed by atoms with van der Waals surface area (Å²) in [5.74, 6) is -1.34. The molecule has 2 N–H and O–H groups in total. The molecule has 3 nitrogen and oxygen atoms in total. The van der Waals surface area contributed by atoms with Gasteiger partial charge in [-0.15, -0.1) is 0 Å². The average Bonchev–Trinajstić information content (AvgIpc) is 2.01. The SMILES string of the molecule is Cc1cc(Cl)cc(Cl)c1[C@H](O)C(=O)O. The van der Waals surface area contributed by atoms with Gasteiger partial charge in [-0.25, -0.2) is 4.79 Å². The third kappa shape index (κ3) is 2.18. The van der Waals surface area contributed by atoms with Crippen molar-refractivity contribution in [3.63, 3.8) is 0 Å². The molecule has 0 aliphatic carbocycles. The van der Waals surface area contributed by atoms with E-state index in [2.05, 4.69) is 0 Å². The fourth-order valence-corrected chi connectivity index (χ4v) is 1.88. The van der Waals surface area contributed by atoms with E-state index < -0.39 is 12.1 Å². The van der Waals surface area contributed by atoms with Crippen LogP contribution in [-0.2, 0) is 4.79 Å². The van der Waals surface area contributed by atoms with Crippen LogP contribution < -0.4 is 0 Å². The molecule has 76 valence electrons. The van der Waals surface area contributed by atoms with Crippen LogP contribution in [-0.4, -0.2) is 16.2 Å². The summed E-state index contributed by atoms with van der Waals surface area (Å²) in [6, 6.07) is 2.95. The van der Waals surface area contributed by atoms with Crippen LogP contribution in [0.1, 0.15) is 17.2 Å². The second kappa shape index (κ2) is 4.17. The number of carboxylic acid groups (broad SMARTS) is 1. The van der Waals surface area contributed by atoms with Crippen molar-refractivity contribution in [2.24, 2.45) is 0 Å². The van der Waals surface area contributed by atoms with E-state index in [9.17, 15) is 9.90 Å². The second-order valence-electron chi connectivity index (χ2n) is 2.86. The predicted molar refractivity (Wildman–Crippen MR) is 53.8 cm³/mol. The summed E-state index contributed by atoms with van der Waals surface area (Å²) in [4.78, 5) is 10.5. The van der Waals surface area contributed by atoms with Crippen LogP contribution in [0, 0.1) is 6.92 Å². The fourth-order valence-electron chi connectivity index (χ4n) is 1.18. The van der Waals surface area contributed by atoms with Crippen molar-refractivity contribution in [1.82, 2.24) is 0 Å². The van der Waals surface area contributed by atoms with Gasteiger partial charge in [0.1, 0.15) is 0 Å². The number of carboxylic acids is 1. The molecule has 1 rings (SSSR count). The Balaban J connectivity index is 3.27. The zero-order valence-corrected chi connectivity index (χ0v) is 8.80. The Labute approximate surface area is 90.9 Å². The summed E-state index contributed by atoms with van der Waals surface area (Å²) < 4.78 is 0. The maximum absolute atomic E-state index is 10.5. The van der Waals surface area contributed by atoms with Crippen LogP contribution >= 0.6 is 23.2 Å². The van der Waals surface area contributed by atoms with E-state index in [0.29, 0.717) is 10.6 Å². The second-order valence-corrected chi connectivity index (χ2v) is 3.70. The number of aryl methyl sites for hydroxylation is 1. The van der Waals surface area contributed by atoms with E-state index in [1.807, 2.05) is 0 Å². The predicted octanol–water partition coefficient (Wildman–Crippen LogP) is 2.42. The molecule has 0 saturated heterocycles. The Hall–Kier alpha value is -0.770. The molecule has 0 aromatic heterocycles. The van der Waals surface area contributed by atoms with Gasteiger partial charge in [0.25, 0.3) is 0 Å². The van der Waals surface area contributed by atoms with Crippen LogP contribution in [0.4, 0.5) is 0 Å². The Kier molecular flexibility index (Phi) is 3.37. The molecule has 0 amide bonds. The van der Waals surface area contributed by atoms with Crippen LogP contribution in [0.25, 0.3) is 0 Å². The van der Waals surface area contributed by atoms with E-state index in [1.54, 1.807) is 13.0 Å². The largest absolute Gasteiger partial charge is 0.479 e. The highest BCUT2D eigenvalue weighted by molar-refractivity contribution is 6.35. The van der Waals surface area contributed by atoms with E-state index in [1.165, 1.54) is 6.07 Å². The monoisotopic (exact) mass is 234 g/mol. The maximum Gasteiger partial charge on any atom is 0.337 e. The number of hydrogen-bond acceptors (Lipinski definition) is 2. The highest BCUT2D eigenvalue weighted by Crippen LogP contribution is 2.29.